The summed E-state index contributed by atoms with van der Waals surface area (Å²) >= 11 is 0. The van der Waals surface area contributed by atoms with Crippen LogP contribution >= 0.6 is 0 Å². The molecule has 2 nitrogen and oxygen atoms in total. The second-order valence-corrected chi connectivity index (χ2v) is 5.12. The summed E-state index contributed by atoms with van der Waals surface area (Å²) in [6, 6.07) is 6.90. The van der Waals surface area contributed by atoms with Gasteiger partial charge in [-0.15, -0.1) is 0 Å². The Hall–Kier alpha value is -1.02. The summed E-state index contributed by atoms with van der Waals surface area (Å²) in [5, 5.41) is 0. The Morgan fingerprint density at radius 2 is 2.24 bits per heavy atom. The van der Waals surface area contributed by atoms with Crippen molar-refractivity contribution in [3.05, 3.63) is 29.3 Å². The zero-order chi connectivity index (χ0) is 12.3. The topological polar surface area (TPSA) is 29.3 Å². The molecular formula is C15H24N2. The molecular weight excluding hydrogens is 208 g/mol. The minimum atomic E-state index is 0.145. The standard InChI is InChI=1S/C15H24N2/c1-3-4-9-17-10-5-6-14-11-13(12(2)16)7-8-15(14)17/h7-8,11-12H,3-6,9-10,16H2,1-2H3. The molecule has 2 N–H and O–H groups in total. The van der Waals surface area contributed by atoms with Gasteiger partial charge >= 0.3 is 0 Å². The van der Waals surface area contributed by atoms with Crippen LogP contribution in [0.5, 0.6) is 0 Å². The number of hydrogen-bond acceptors (Lipinski definition) is 2. The fraction of sp³-hybridized carbons (Fsp3) is 0.600. The molecule has 0 fully saturated rings. The maximum Gasteiger partial charge on any atom is 0.0398 e. The van der Waals surface area contributed by atoms with E-state index in [1.807, 2.05) is 0 Å². The van der Waals surface area contributed by atoms with Gasteiger partial charge in [-0.3, -0.25) is 0 Å². The van der Waals surface area contributed by atoms with Crippen molar-refractivity contribution >= 4 is 5.69 Å². The fourth-order valence-electron chi connectivity index (χ4n) is 2.56. The van der Waals surface area contributed by atoms with E-state index >= 15 is 0 Å². The molecule has 2 heteroatoms. The van der Waals surface area contributed by atoms with Crippen LogP contribution in [0.2, 0.25) is 0 Å². The van der Waals surface area contributed by atoms with E-state index in [4.69, 9.17) is 5.73 Å². The fourth-order valence-corrected chi connectivity index (χ4v) is 2.56. The van der Waals surface area contributed by atoms with Crippen molar-refractivity contribution in [2.75, 3.05) is 18.0 Å². The highest BCUT2D eigenvalue weighted by Crippen LogP contribution is 2.29. The van der Waals surface area contributed by atoms with Crippen LogP contribution in [0.25, 0.3) is 0 Å². The third-order valence-electron chi connectivity index (χ3n) is 3.63. The zero-order valence-corrected chi connectivity index (χ0v) is 11.1. The summed E-state index contributed by atoms with van der Waals surface area (Å²) < 4.78 is 0. The molecule has 0 saturated carbocycles. The number of nitrogens with two attached hydrogens (primary N) is 1. The van der Waals surface area contributed by atoms with E-state index in [-0.39, 0.29) is 6.04 Å². The molecule has 0 bridgehead atoms. The first kappa shape index (κ1) is 12.4. The molecule has 0 aliphatic carbocycles. The number of anilines is 1. The molecule has 1 aliphatic rings. The Balaban J connectivity index is 2.20. The molecule has 1 aromatic carbocycles. The number of aryl methyl sites for hydroxylation is 1. The van der Waals surface area contributed by atoms with Crippen molar-refractivity contribution in [1.29, 1.82) is 0 Å². The van der Waals surface area contributed by atoms with Gasteiger partial charge in [0.15, 0.2) is 0 Å². The van der Waals surface area contributed by atoms with Crippen LogP contribution in [-0.2, 0) is 6.42 Å². The first-order chi connectivity index (χ1) is 8.22. The summed E-state index contributed by atoms with van der Waals surface area (Å²) in [5.74, 6) is 0. The molecule has 0 spiro atoms. The molecule has 17 heavy (non-hydrogen) atoms. The van der Waals surface area contributed by atoms with Gasteiger partial charge in [0.2, 0.25) is 0 Å². The van der Waals surface area contributed by atoms with Crippen LogP contribution in [0.1, 0.15) is 50.3 Å². The van der Waals surface area contributed by atoms with Gasteiger partial charge in [0.05, 0.1) is 0 Å². The zero-order valence-electron chi connectivity index (χ0n) is 11.1. The van der Waals surface area contributed by atoms with E-state index in [0.29, 0.717) is 0 Å². The van der Waals surface area contributed by atoms with E-state index in [1.165, 1.54) is 55.6 Å². The Labute approximate surface area is 105 Å². The van der Waals surface area contributed by atoms with Crippen molar-refractivity contribution < 1.29 is 0 Å². The second-order valence-electron chi connectivity index (χ2n) is 5.12. The predicted molar refractivity (Wildman–Crippen MR) is 74.5 cm³/mol. The van der Waals surface area contributed by atoms with Crippen LogP contribution < -0.4 is 10.6 Å². The lowest BCUT2D eigenvalue weighted by atomic mass is 9.97. The minimum Gasteiger partial charge on any atom is -0.371 e. The minimum absolute atomic E-state index is 0.145. The molecule has 1 heterocycles. The lowest BCUT2D eigenvalue weighted by molar-refractivity contribution is 0.657. The number of fused-ring (bicyclic) bond motifs is 1. The van der Waals surface area contributed by atoms with Crippen molar-refractivity contribution in [1.82, 2.24) is 0 Å². The highest BCUT2D eigenvalue weighted by atomic mass is 15.1. The number of rotatable bonds is 4. The summed E-state index contributed by atoms with van der Waals surface area (Å²) in [6.45, 7) is 6.72. The Bertz CT molecular complexity index is 371. The van der Waals surface area contributed by atoms with Gasteiger partial charge in [0.25, 0.3) is 0 Å². The van der Waals surface area contributed by atoms with E-state index in [9.17, 15) is 0 Å². The number of benzene rings is 1. The molecule has 0 amide bonds. The Morgan fingerprint density at radius 1 is 1.41 bits per heavy atom. The molecule has 0 radical (unpaired) electrons. The van der Waals surface area contributed by atoms with Crippen LogP contribution in [-0.4, -0.2) is 13.1 Å². The molecule has 2 rings (SSSR count). The average molecular weight is 232 g/mol. The van der Waals surface area contributed by atoms with E-state index in [0.717, 1.165) is 0 Å². The van der Waals surface area contributed by atoms with Crippen LogP contribution in [0.15, 0.2) is 18.2 Å². The lowest BCUT2D eigenvalue weighted by Crippen LogP contribution is -2.30. The molecule has 0 aromatic heterocycles. The van der Waals surface area contributed by atoms with Gasteiger partial charge in [0.1, 0.15) is 0 Å². The van der Waals surface area contributed by atoms with Crippen LogP contribution in [0.4, 0.5) is 5.69 Å². The molecule has 0 saturated heterocycles. The van der Waals surface area contributed by atoms with Crippen LogP contribution in [0.3, 0.4) is 0 Å². The Kier molecular flexibility index (Phi) is 4.06. The largest absolute Gasteiger partial charge is 0.371 e. The quantitative estimate of drug-likeness (QED) is 0.863. The van der Waals surface area contributed by atoms with Gasteiger partial charge in [0, 0.05) is 24.8 Å². The number of hydrogen-bond donors (Lipinski definition) is 1. The van der Waals surface area contributed by atoms with Crippen molar-refractivity contribution in [3.8, 4) is 0 Å². The van der Waals surface area contributed by atoms with Crippen molar-refractivity contribution in [2.24, 2.45) is 5.73 Å². The second kappa shape index (κ2) is 5.54. The van der Waals surface area contributed by atoms with Gasteiger partial charge in [-0.2, -0.15) is 0 Å². The highest BCUT2D eigenvalue weighted by Gasteiger charge is 2.16. The SMILES string of the molecule is CCCCN1CCCc2cc(C(C)N)ccc21. The van der Waals surface area contributed by atoms with Crippen molar-refractivity contribution in [2.45, 2.75) is 45.6 Å². The third-order valence-corrected chi connectivity index (χ3v) is 3.63. The third kappa shape index (κ3) is 2.81. The summed E-state index contributed by atoms with van der Waals surface area (Å²) in [4.78, 5) is 2.54. The monoisotopic (exact) mass is 232 g/mol. The van der Waals surface area contributed by atoms with E-state index in [2.05, 4.69) is 36.9 Å². The molecule has 94 valence electrons. The Morgan fingerprint density at radius 3 is 2.94 bits per heavy atom. The summed E-state index contributed by atoms with van der Waals surface area (Å²) in [6.07, 6.45) is 5.04. The maximum atomic E-state index is 5.95. The van der Waals surface area contributed by atoms with Gasteiger partial charge < -0.3 is 10.6 Å². The van der Waals surface area contributed by atoms with E-state index < -0.39 is 0 Å². The van der Waals surface area contributed by atoms with Gasteiger partial charge in [-0.1, -0.05) is 25.5 Å². The molecule has 1 atom stereocenters. The summed E-state index contributed by atoms with van der Waals surface area (Å²) in [7, 11) is 0. The molecule has 1 aromatic rings. The first-order valence-corrected chi connectivity index (χ1v) is 6.85. The van der Waals surface area contributed by atoms with Gasteiger partial charge in [-0.05, 0) is 43.4 Å². The summed E-state index contributed by atoms with van der Waals surface area (Å²) in [5.41, 5.74) is 10.1. The van der Waals surface area contributed by atoms with E-state index in [1.54, 1.807) is 0 Å². The molecule has 1 unspecified atom stereocenters. The molecule has 1 aliphatic heterocycles. The smallest absolute Gasteiger partial charge is 0.0398 e. The van der Waals surface area contributed by atoms with Crippen molar-refractivity contribution in [3.63, 3.8) is 0 Å². The highest BCUT2D eigenvalue weighted by molar-refractivity contribution is 5.57. The number of nitrogens with zero attached hydrogens (tertiary/aromatic N) is 1. The normalized spacial score (nSPS) is 16.8. The predicted octanol–water partition coefficient (Wildman–Crippen LogP) is 3.26. The first-order valence-electron chi connectivity index (χ1n) is 6.85. The van der Waals surface area contributed by atoms with Crippen LogP contribution in [0, 0.1) is 0 Å². The van der Waals surface area contributed by atoms with Gasteiger partial charge in [-0.25, -0.2) is 0 Å². The average Bonchev–Trinajstić information content (AvgIpc) is 2.35. The maximum absolute atomic E-state index is 5.95. The lowest BCUT2D eigenvalue weighted by Gasteiger charge is -2.32. The number of unbranched alkanes of at least 4 members (excludes halogenated alkanes) is 1.